The van der Waals surface area contributed by atoms with E-state index in [1.807, 2.05) is 24.3 Å². The highest BCUT2D eigenvalue weighted by atomic mass is 35.5. The summed E-state index contributed by atoms with van der Waals surface area (Å²) in [4.78, 5) is 27.3. The summed E-state index contributed by atoms with van der Waals surface area (Å²) in [5.41, 5.74) is 0.911. The van der Waals surface area contributed by atoms with Crippen LogP contribution in [0.1, 0.15) is 10.4 Å². The van der Waals surface area contributed by atoms with Crippen LogP contribution < -0.4 is 4.90 Å². The van der Waals surface area contributed by atoms with E-state index in [0.717, 1.165) is 16.3 Å². The molecule has 1 heterocycles. The maximum absolute atomic E-state index is 12.4. The Hall–Kier alpha value is -1.69. The number of benzene rings is 2. The number of esters is 1. The molecule has 4 nitrogen and oxygen atoms in total. The first-order valence-electron chi connectivity index (χ1n) is 7.21. The standard InChI is InChI=1S/C17H13Cl2NO3S/c18-11-4-3-5-12(19)16(11)17(22)23-10-15(21)20-8-9-24-14-7-2-1-6-13(14)20/h1-7H,8-10H2. The van der Waals surface area contributed by atoms with Gasteiger partial charge in [0, 0.05) is 17.2 Å². The molecule has 0 aromatic heterocycles. The van der Waals surface area contributed by atoms with E-state index in [-0.39, 0.29) is 28.1 Å². The SMILES string of the molecule is O=C(OCC(=O)N1CCSc2ccccc21)c1c(Cl)cccc1Cl. The van der Waals surface area contributed by atoms with E-state index < -0.39 is 5.97 Å². The smallest absolute Gasteiger partial charge is 0.341 e. The number of hydrogen-bond acceptors (Lipinski definition) is 4. The maximum Gasteiger partial charge on any atom is 0.341 e. The van der Waals surface area contributed by atoms with Gasteiger partial charge in [-0.2, -0.15) is 0 Å². The van der Waals surface area contributed by atoms with Crippen molar-refractivity contribution in [3.63, 3.8) is 0 Å². The minimum Gasteiger partial charge on any atom is -0.452 e. The second kappa shape index (κ2) is 7.47. The molecule has 0 aliphatic carbocycles. The van der Waals surface area contributed by atoms with Crippen LogP contribution in [0.25, 0.3) is 0 Å². The number of fused-ring (bicyclic) bond motifs is 1. The van der Waals surface area contributed by atoms with Crippen LogP contribution >= 0.6 is 35.0 Å². The number of carbonyl (C=O) groups is 2. The lowest BCUT2D eigenvalue weighted by Crippen LogP contribution is -2.38. The van der Waals surface area contributed by atoms with Gasteiger partial charge in [0.15, 0.2) is 6.61 Å². The topological polar surface area (TPSA) is 46.6 Å². The summed E-state index contributed by atoms with van der Waals surface area (Å²) in [7, 11) is 0. The number of hydrogen-bond donors (Lipinski definition) is 0. The molecule has 124 valence electrons. The van der Waals surface area contributed by atoms with Gasteiger partial charge in [-0.3, -0.25) is 4.79 Å². The van der Waals surface area contributed by atoms with Gasteiger partial charge in [0.2, 0.25) is 0 Å². The lowest BCUT2D eigenvalue weighted by atomic mass is 10.2. The van der Waals surface area contributed by atoms with Crippen molar-refractivity contribution in [1.82, 2.24) is 0 Å². The highest BCUT2D eigenvalue weighted by Gasteiger charge is 2.24. The highest BCUT2D eigenvalue weighted by Crippen LogP contribution is 2.34. The Morgan fingerprint density at radius 1 is 1.08 bits per heavy atom. The number of nitrogens with zero attached hydrogens (tertiary/aromatic N) is 1. The number of carbonyl (C=O) groups excluding carboxylic acids is 2. The number of thioether (sulfide) groups is 1. The molecule has 0 spiro atoms. The molecular formula is C17H13Cl2NO3S. The quantitative estimate of drug-likeness (QED) is 0.743. The Balaban J connectivity index is 1.70. The van der Waals surface area contributed by atoms with E-state index in [0.29, 0.717) is 6.54 Å². The summed E-state index contributed by atoms with van der Waals surface area (Å²) in [6.45, 7) is 0.213. The number of rotatable bonds is 3. The molecule has 2 aromatic carbocycles. The highest BCUT2D eigenvalue weighted by molar-refractivity contribution is 7.99. The summed E-state index contributed by atoms with van der Waals surface area (Å²) in [6.07, 6.45) is 0. The van der Waals surface area contributed by atoms with Crippen molar-refractivity contribution in [2.24, 2.45) is 0 Å². The van der Waals surface area contributed by atoms with E-state index in [1.54, 1.807) is 34.9 Å². The molecule has 1 aliphatic heterocycles. The van der Waals surface area contributed by atoms with E-state index in [9.17, 15) is 9.59 Å². The van der Waals surface area contributed by atoms with Crippen LogP contribution in [-0.4, -0.2) is 30.8 Å². The van der Waals surface area contributed by atoms with Gasteiger partial charge in [-0.15, -0.1) is 11.8 Å². The molecule has 0 saturated carbocycles. The van der Waals surface area contributed by atoms with Crippen molar-refractivity contribution in [2.45, 2.75) is 4.90 Å². The van der Waals surface area contributed by atoms with Gasteiger partial charge < -0.3 is 9.64 Å². The third-order valence-corrected chi connectivity index (χ3v) is 5.20. The maximum atomic E-state index is 12.4. The van der Waals surface area contributed by atoms with Crippen LogP contribution in [0.2, 0.25) is 10.0 Å². The second-order valence-electron chi connectivity index (χ2n) is 5.03. The number of para-hydroxylation sites is 1. The summed E-state index contributed by atoms with van der Waals surface area (Å²) >= 11 is 13.6. The summed E-state index contributed by atoms with van der Waals surface area (Å²) in [5, 5.41) is 0.388. The monoisotopic (exact) mass is 381 g/mol. The first kappa shape index (κ1) is 17.1. The number of ether oxygens (including phenoxy) is 1. The number of anilines is 1. The molecule has 7 heteroatoms. The van der Waals surface area contributed by atoms with Gasteiger partial charge in [-0.25, -0.2) is 4.79 Å². The summed E-state index contributed by atoms with van der Waals surface area (Å²) in [6, 6.07) is 12.4. The van der Waals surface area contributed by atoms with E-state index >= 15 is 0 Å². The molecule has 1 aliphatic rings. The predicted molar refractivity (Wildman–Crippen MR) is 96.3 cm³/mol. The van der Waals surface area contributed by atoms with Crippen LogP contribution in [0.5, 0.6) is 0 Å². The van der Waals surface area contributed by atoms with Crippen molar-refractivity contribution < 1.29 is 14.3 Å². The van der Waals surface area contributed by atoms with Crippen LogP contribution in [0.15, 0.2) is 47.4 Å². The van der Waals surface area contributed by atoms with Gasteiger partial charge in [0.25, 0.3) is 5.91 Å². The number of halogens is 2. The van der Waals surface area contributed by atoms with Crippen molar-refractivity contribution >= 4 is 52.5 Å². The molecule has 0 N–H and O–H groups in total. The van der Waals surface area contributed by atoms with Crippen LogP contribution in [-0.2, 0) is 9.53 Å². The first-order valence-corrected chi connectivity index (χ1v) is 8.95. The molecule has 0 unspecified atom stereocenters. The van der Waals surface area contributed by atoms with Crippen LogP contribution in [0.3, 0.4) is 0 Å². The second-order valence-corrected chi connectivity index (χ2v) is 6.99. The lowest BCUT2D eigenvalue weighted by molar-refractivity contribution is -0.121. The summed E-state index contributed by atoms with van der Waals surface area (Å²) < 4.78 is 5.11. The lowest BCUT2D eigenvalue weighted by Gasteiger charge is -2.28. The minimum absolute atomic E-state index is 0.0724. The van der Waals surface area contributed by atoms with Crippen molar-refractivity contribution in [3.8, 4) is 0 Å². The molecule has 24 heavy (non-hydrogen) atoms. The van der Waals surface area contributed by atoms with Gasteiger partial charge in [0.05, 0.1) is 21.3 Å². The average Bonchev–Trinajstić information content (AvgIpc) is 2.59. The van der Waals surface area contributed by atoms with Crippen molar-refractivity contribution in [1.29, 1.82) is 0 Å². The third-order valence-electron chi connectivity index (χ3n) is 3.52. The molecule has 2 aromatic rings. The average molecular weight is 382 g/mol. The molecule has 0 bridgehead atoms. The van der Waals surface area contributed by atoms with Gasteiger partial charge >= 0.3 is 5.97 Å². The van der Waals surface area contributed by atoms with E-state index in [2.05, 4.69) is 0 Å². The molecule has 1 amide bonds. The van der Waals surface area contributed by atoms with Crippen LogP contribution in [0, 0.1) is 0 Å². The Kier molecular flexibility index (Phi) is 5.33. The fourth-order valence-corrected chi connectivity index (χ4v) is 3.95. The van der Waals surface area contributed by atoms with Crippen molar-refractivity contribution in [2.75, 3.05) is 23.8 Å². The Morgan fingerprint density at radius 2 is 1.79 bits per heavy atom. The van der Waals surface area contributed by atoms with Crippen molar-refractivity contribution in [3.05, 3.63) is 58.1 Å². The van der Waals surface area contributed by atoms with Crippen LogP contribution in [0.4, 0.5) is 5.69 Å². The summed E-state index contributed by atoms with van der Waals surface area (Å²) in [5.74, 6) is -0.189. The molecule has 0 fully saturated rings. The molecule has 0 radical (unpaired) electrons. The first-order chi connectivity index (χ1) is 11.6. The fourth-order valence-electron chi connectivity index (χ4n) is 2.40. The third kappa shape index (κ3) is 3.53. The predicted octanol–water partition coefficient (Wildman–Crippen LogP) is 4.29. The van der Waals surface area contributed by atoms with Gasteiger partial charge in [-0.1, -0.05) is 41.4 Å². The molecule has 0 atom stereocenters. The Labute approximate surface area is 153 Å². The molecule has 3 rings (SSSR count). The molecule has 0 saturated heterocycles. The Bertz CT molecular complexity index is 777. The largest absolute Gasteiger partial charge is 0.452 e. The zero-order valence-electron chi connectivity index (χ0n) is 12.5. The van der Waals surface area contributed by atoms with E-state index in [1.165, 1.54) is 0 Å². The Morgan fingerprint density at radius 3 is 2.54 bits per heavy atom. The molecular weight excluding hydrogens is 369 g/mol. The van der Waals surface area contributed by atoms with E-state index in [4.69, 9.17) is 27.9 Å². The zero-order valence-corrected chi connectivity index (χ0v) is 14.8. The fraction of sp³-hybridized carbons (Fsp3) is 0.176. The number of amides is 1. The van der Waals surface area contributed by atoms with Gasteiger partial charge in [-0.05, 0) is 24.3 Å². The normalized spacial score (nSPS) is 13.3. The van der Waals surface area contributed by atoms with Gasteiger partial charge in [0.1, 0.15) is 0 Å². The minimum atomic E-state index is -0.710. The zero-order chi connectivity index (χ0) is 17.1.